The van der Waals surface area contributed by atoms with Crippen LogP contribution in [0.2, 0.25) is 0 Å². The lowest BCUT2D eigenvalue weighted by atomic mass is 9.77. The molecule has 4 rings (SSSR count). The second-order valence-corrected chi connectivity index (χ2v) is 9.25. The lowest BCUT2D eigenvalue weighted by Gasteiger charge is -2.31. The molecule has 2 aliphatic heterocycles. The van der Waals surface area contributed by atoms with Gasteiger partial charge in [-0.05, 0) is 36.6 Å². The number of rotatable bonds is 9. The van der Waals surface area contributed by atoms with E-state index in [1.54, 1.807) is 12.1 Å². The van der Waals surface area contributed by atoms with Crippen molar-refractivity contribution in [3.63, 3.8) is 0 Å². The van der Waals surface area contributed by atoms with Crippen LogP contribution in [0.1, 0.15) is 31.4 Å². The number of carbonyl (C=O) groups is 5. The number of carboxylic acid groups (broad SMARTS) is 1. The molecule has 2 aliphatic rings. The Bertz CT molecular complexity index is 1360. The van der Waals surface area contributed by atoms with E-state index in [2.05, 4.69) is 10.6 Å². The quantitative estimate of drug-likeness (QED) is 0.0894. The lowest BCUT2D eigenvalue weighted by Crippen LogP contribution is -2.56. The number of primary amides is 1. The highest BCUT2D eigenvalue weighted by Gasteiger charge is 2.68. The standard InChI is InChI=1S/C25H25N5O9/c1-13(31)39-17-8-6-14(7-9-17)20-18-19(25(28-20,23(34)35)10-3-11-27-24(26)36)22(33)29(21(18)32)15-4-2-5-16(12-15)30(37)38/h2,4-9,12,18-20,28H,3,10-11H2,1H3,(H,34,35)(H3,26,27,36). The molecule has 14 nitrogen and oxygen atoms in total. The number of urea groups is 1. The first-order valence-corrected chi connectivity index (χ1v) is 11.9. The van der Waals surface area contributed by atoms with Gasteiger partial charge in [0.15, 0.2) is 0 Å². The SMILES string of the molecule is CC(=O)Oc1ccc(C2NC(CCCNC(N)=O)(C(=O)O)C3C(=O)N(c4cccc([N+](=O)[O-])c4)C(=O)C23)cc1. The smallest absolute Gasteiger partial charge is 0.324 e. The van der Waals surface area contributed by atoms with Crippen LogP contribution in [0, 0.1) is 22.0 Å². The maximum Gasteiger partial charge on any atom is 0.324 e. The zero-order valence-corrected chi connectivity index (χ0v) is 20.7. The van der Waals surface area contributed by atoms with E-state index >= 15 is 0 Å². The number of nitrogens with two attached hydrogens (primary N) is 1. The molecular weight excluding hydrogens is 514 g/mol. The number of nitrogens with one attached hydrogen (secondary N) is 2. The molecule has 2 saturated heterocycles. The summed E-state index contributed by atoms with van der Waals surface area (Å²) in [5.41, 5.74) is 3.25. The normalized spacial score (nSPS) is 23.8. The number of nitro benzene ring substituents is 1. The van der Waals surface area contributed by atoms with Gasteiger partial charge in [0.25, 0.3) is 5.69 Å². The summed E-state index contributed by atoms with van der Waals surface area (Å²) in [6.45, 7) is 1.26. The van der Waals surface area contributed by atoms with Crippen molar-refractivity contribution >= 4 is 41.2 Å². The van der Waals surface area contributed by atoms with Crippen LogP contribution < -0.4 is 26.0 Å². The van der Waals surface area contributed by atoms with Gasteiger partial charge in [-0.3, -0.25) is 34.6 Å². The Morgan fingerprint density at radius 1 is 1.18 bits per heavy atom. The first-order valence-electron chi connectivity index (χ1n) is 11.9. The molecule has 2 aromatic rings. The molecule has 14 heteroatoms. The molecule has 4 amide bonds. The van der Waals surface area contributed by atoms with Crippen molar-refractivity contribution in [1.82, 2.24) is 10.6 Å². The van der Waals surface area contributed by atoms with Crippen molar-refractivity contribution in [3.05, 3.63) is 64.2 Å². The first-order chi connectivity index (χ1) is 18.5. The van der Waals surface area contributed by atoms with E-state index in [4.69, 9.17) is 10.5 Å². The third-order valence-electron chi connectivity index (χ3n) is 6.88. The van der Waals surface area contributed by atoms with Gasteiger partial charge in [0.1, 0.15) is 11.3 Å². The van der Waals surface area contributed by atoms with Gasteiger partial charge in [0.05, 0.1) is 22.4 Å². The highest BCUT2D eigenvalue weighted by Crippen LogP contribution is 2.51. The lowest BCUT2D eigenvalue weighted by molar-refractivity contribution is -0.384. The Kier molecular flexibility index (Phi) is 7.31. The van der Waals surface area contributed by atoms with Gasteiger partial charge in [-0.2, -0.15) is 0 Å². The van der Waals surface area contributed by atoms with E-state index in [0.29, 0.717) is 5.56 Å². The molecule has 0 saturated carbocycles. The number of hydrogen-bond donors (Lipinski definition) is 4. The summed E-state index contributed by atoms with van der Waals surface area (Å²) in [5.74, 6) is -5.76. The number of amides is 4. The number of esters is 1. The van der Waals surface area contributed by atoms with Crippen molar-refractivity contribution in [2.24, 2.45) is 17.6 Å². The molecular formula is C25H25N5O9. The maximum absolute atomic E-state index is 13.8. The fourth-order valence-corrected chi connectivity index (χ4v) is 5.31. The summed E-state index contributed by atoms with van der Waals surface area (Å²) >= 11 is 0. The number of fused-ring (bicyclic) bond motifs is 1. The van der Waals surface area contributed by atoms with Crippen LogP contribution in [0.15, 0.2) is 48.5 Å². The number of carboxylic acids is 1. The van der Waals surface area contributed by atoms with E-state index in [-0.39, 0.29) is 36.5 Å². The van der Waals surface area contributed by atoms with Crippen LogP contribution >= 0.6 is 0 Å². The molecule has 4 unspecified atom stereocenters. The van der Waals surface area contributed by atoms with Crippen molar-refractivity contribution in [2.45, 2.75) is 31.3 Å². The van der Waals surface area contributed by atoms with Crippen LogP contribution in [-0.2, 0) is 19.2 Å². The van der Waals surface area contributed by atoms with Gasteiger partial charge in [-0.25, -0.2) is 9.69 Å². The summed E-state index contributed by atoms with van der Waals surface area (Å²) in [6, 6.07) is 9.28. The second-order valence-electron chi connectivity index (χ2n) is 9.25. The van der Waals surface area contributed by atoms with Crippen LogP contribution in [0.25, 0.3) is 0 Å². The zero-order chi connectivity index (χ0) is 28.5. The van der Waals surface area contributed by atoms with E-state index in [1.165, 1.54) is 37.3 Å². The fourth-order valence-electron chi connectivity index (χ4n) is 5.31. The topological polar surface area (TPSA) is 211 Å². The van der Waals surface area contributed by atoms with Crippen molar-refractivity contribution in [3.8, 4) is 5.75 Å². The van der Waals surface area contributed by atoms with E-state index in [1.807, 2.05) is 0 Å². The minimum Gasteiger partial charge on any atom is -0.480 e. The van der Waals surface area contributed by atoms with Gasteiger partial charge < -0.3 is 20.9 Å². The molecule has 0 aliphatic carbocycles. The summed E-state index contributed by atoms with van der Waals surface area (Å²) in [7, 11) is 0. The number of hydrogen-bond acceptors (Lipinski definition) is 9. The molecule has 0 bridgehead atoms. The van der Waals surface area contributed by atoms with E-state index in [0.717, 1.165) is 11.0 Å². The van der Waals surface area contributed by atoms with Crippen molar-refractivity contribution < 1.29 is 38.7 Å². The Morgan fingerprint density at radius 3 is 2.46 bits per heavy atom. The summed E-state index contributed by atoms with van der Waals surface area (Å²) in [4.78, 5) is 74.1. The number of anilines is 1. The molecule has 0 aromatic heterocycles. The Hall–Kier alpha value is -4.85. The van der Waals surface area contributed by atoms with Crippen LogP contribution in [-0.4, -0.2) is 51.9 Å². The first kappa shape index (κ1) is 27.2. The maximum atomic E-state index is 13.8. The minimum atomic E-state index is -1.91. The largest absolute Gasteiger partial charge is 0.480 e. The Morgan fingerprint density at radius 2 is 1.87 bits per heavy atom. The van der Waals surface area contributed by atoms with Crippen molar-refractivity contribution in [1.29, 1.82) is 0 Å². The van der Waals surface area contributed by atoms with Gasteiger partial charge >= 0.3 is 18.0 Å². The minimum absolute atomic E-state index is 0.0297. The third kappa shape index (κ3) is 5.01. The number of ether oxygens (including phenoxy) is 1. The summed E-state index contributed by atoms with van der Waals surface area (Å²) < 4.78 is 5.04. The zero-order valence-electron chi connectivity index (χ0n) is 20.7. The molecule has 2 heterocycles. The molecule has 2 fully saturated rings. The average Bonchev–Trinajstić information content (AvgIpc) is 3.36. The molecule has 39 heavy (non-hydrogen) atoms. The molecule has 204 valence electrons. The van der Waals surface area contributed by atoms with Gasteiger partial charge in [-0.1, -0.05) is 18.2 Å². The molecule has 4 atom stereocenters. The number of carbonyl (C=O) groups excluding carboxylic acids is 4. The third-order valence-corrected chi connectivity index (χ3v) is 6.88. The van der Waals surface area contributed by atoms with Gasteiger partial charge in [0.2, 0.25) is 11.8 Å². The predicted molar refractivity (Wildman–Crippen MR) is 133 cm³/mol. The number of non-ortho nitro benzene ring substituents is 1. The Balaban J connectivity index is 1.77. The number of benzene rings is 2. The highest BCUT2D eigenvalue weighted by atomic mass is 16.6. The second kappa shape index (κ2) is 10.5. The number of aliphatic carboxylic acids is 1. The Labute approximate surface area is 221 Å². The van der Waals surface area contributed by atoms with Crippen LogP contribution in [0.5, 0.6) is 5.75 Å². The number of nitrogens with zero attached hydrogens (tertiary/aromatic N) is 2. The van der Waals surface area contributed by atoms with E-state index < -0.39 is 58.1 Å². The molecule has 0 radical (unpaired) electrons. The summed E-state index contributed by atoms with van der Waals surface area (Å²) in [5, 5.41) is 27.1. The predicted octanol–water partition coefficient (Wildman–Crippen LogP) is 1.24. The molecule has 0 spiro atoms. The van der Waals surface area contributed by atoms with Crippen LogP contribution in [0.3, 0.4) is 0 Å². The van der Waals surface area contributed by atoms with Gasteiger partial charge in [-0.15, -0.1) is 0 Å². The number of nitro groups is 1. The molecule has 2 aromatic carbocycles. The average molecular weight is 540 g/mol. The van der Waals surface area contributed by atoms with E-state index in [9.17, 15) is 39.2 Å². The van der Waals surface area contributed by atoms with Crippen molar-refractivity contribution in [2.75, 3.05) is 11.4 Å². The monoisotopic (exact) mass is 539 g/mol. The molecule has 5 N–H and O–H groups in total. The summed E-state index contributed by atoms with van der Waals surface area (Å²) in [6.07, 6.45) is -0.0323. The highest BCUT2D eigenvalue weighted by molar-refractivity contribution is 6.24. The number of imide groups is 1. The van der Waals surface area contributed by atoms with Crippen LogP contribution in [0.4, 0.5) is 16.2 Å². The fraction of sp³-hybridized carbons (Fsp3) is 0.320. The van der Waals surface area contributed by atoms with Gasteiger partial charge in [0, 0.05) is 31.6 Å².